The minimum absolute atomic E-state index is 0.784. The topological polar surface area (TPSA) is 50.9 Å². The van der Waals surface area contributed by atoms with Crippen molar-refractivity contribution in [2.24, 2.45) is 0 Å². The number of nitrogen functional groups attached to an aromatic ring is 1. The Hall–Kier alpha value is -1.55. The monoisotopic (exact) mass is 233 g/mol. The lowest BCUT2D eigenvalue weighted by Crippen LogP contribution is -1.99. The molecule has 84 valence electrons. The average Bonchev–Trinajstić information content (AvgIpc) is 2.58. The fraction of sp³-hybridized carbons (Fsp3) is 0.250. The smallest absolute Gasteiger partial charge is 0.183 e. The maximum Gasteiger partial charge on any atom is 0.183 e. The highest BCUT2D eigenvalue weighted by Gasteiger charge is 2.02. The van der Waals surface area contributed by atoms with Gasteiger partial charge in [-0.25, -0.2) is 4.98 Å². The molecule has 0 aliphatic carbocycles. The third-order valence-corrected chi connectivity index (χ3v) is 3.48. The molecule has 0 fully saturated rings. The van der Waals surface area contributed by atoms with Crippen molar-refractivity contribution in [1.29, 1.82) is 0 Å². The van der Waals surface area contributed by atoms with Gasteiger partial charge in [0.2, 0.25) is 0 Å². The highest BCUT2D eigenvalue weighted by atomic mass is 32.1. The van der Waals surface area contributed by atoms with Crippen LogP contribution in [0.15, 0.2) is 24.3 Å². The number of aromatic nitrogens is 1. The van der Waals surface area contributed by atoms with Crippen molar-refractivity contribution in [1.82, 2.24) is 4.98 Å². The summed E-state index contributed by atoms with van der Waals surface area (Å²) in [6.07, 6.45) is 0. The van der Waals surface area contributed by atoms with Crippen molar-refractivity contribution in [3.63, 3.8) is 0 Å². The summed E-state index contributed by atoms with van der Waals surface area (Å²) in [5.74, 6) is 0. The molecule has 3 nitrogen and oxygen atoms in total. The summed E-state index contributed by atoms with van der Waals surface area (Å²) >= 11 is 1.69. The van der Waals surface area contributed by atoms with Crippen molar-refractivity contribution < 1.29 is 0 Å². The number of thiazole rings is 1. The van der Waals surface area contributed by atoms with E-state index in [1.165, 1.54) is 10.4 Å². The van der Waals surface area contributed by atoms with E-state index in [0.717, 1.165) is 23.1 Å². The molecular weight excluding hydrogens is 218 g/mol. The van der Waals surface area contributed by atoms with Crippen molar-refractivity contribution in [3.05, 3.63) is 40.4 Å². The summed E-state index contributed by atoms with van der Waals surface area (Å²) < 4.78 is 0. The molecule has 2 aromatic rings. The van der Waals surface area contributed by atoms with E-state index in [4.69, 9.17) is 5.73 Å². The Morgan fingerprint density at radius 1 is 1.25 bits per heavy atom. The lowest BCUT2D eigenvalue weighted by Gasteiger charge is -2.02. The number of hydrogen-bond acceptors (Lipinski definition) is 4. The third kappa shape index (κ3) is 2.52. The molecule has 0 bridgehead atoms. The van der Waals surface area contributed by atoms with Crippen LogP contribution < -0.4 is 11.1 Å². The number of nitrogens with zero attached hydrogens (tertiary/aromatic N) is 1. The Kier molecular flexibility index (Phi) is 3.10. The molecular formula is C12H15N3S. The van der Waals surface area contributed by atoms with Crippen LogP contribution in [0, 0.1) is 13.8 Å². The summed E-state index contributed by atoms with van der Waals surface area (Å²) in [6, 6.07) is 7.87. The van der Waals surface area contributed by atoms with Gasteiger partial charge in [0.15, 0.2) is 5.13 Å². The van der Waals surface area contributed by atoms with Crippen molar-refractivity contribution >= 4 is 22.2 Å². The van der Waals surface area contributed by atoms with E-state index in [1.807, 2.05) is 31.2 Å². The van der Waals surface area contributed by atoms with Crippen LogP contribution in [0.25, 0.3) is 0 Å². The van der Waals surface area contributed by atoms with Gasteiger partial charge in [0.1, 0.15) is 0 Å². The summed E-state index contributed by atoms with van der Waals surface area (Å²) in [4.78, 5) is 5.69. The van der Waals surface area contributed by atoms with Crippen LogP contribution in [-0.2, 0) is 6.54 Å². The van der Waals surface area contributed by atoms with E-state index in [9.17, 15) is 0 Å². The van der Waals surface area contributed by atoms with Crippen LogP contribution in [0.2, 0.25) is 0 Å². The van der Waals surface area contributed by atoms with Gasteiger partial charge in [-0.2, -0.15) is 0 Å². The van der Waals surface area contributed by atoms with Gasteiger partial charge in [0, 0.05) is 17.1 Å². The van der Waals surface area contributed by atoms with Crippen LogP contribution in [0.3, 0.4) is 0 Å². The van der Waals surface area contributed by atoms with Crippen molar-refractivity contribution in [2.75, 3.05) is 11.1 Å². The van der Waals surface area contributed by atoms with Gasteiger partial charge in [0.05, 0.1) is 5.69 Å². The van der Waals surface area contributed by atoms with E-state index in [1.54, 1.807) is 11.3 Å². The predicted octanol–water partition coefficient (Wildman–Crippen LogP) is 2.95. The predicted molar refractivity (Wildman–Crippen MR) is 69.8 cm³/mol. The number of rotatable bonds is 3. The normalized spacial score (nSPS) is 10.4. The highest BCUT2D eigenvalue weighted by Crippen LogP contribution is 2.21. The molecule has 0 radical (unpaired) electrons. The second-order valence-electron chi connectivity index (χ2n) is 3.76. The number of benzene rings is 1. The van der Waals surface area contributed by atoms with Crippen molar-refractivity contribution in [2.45, 2.75) is 20.4 Å². The molecule has 3 N–H and O–H groups in total. The first-order valence-corrected chi connectivity index (χ1v) is 5.99. The molecule has 0 aliphatic heterocycles. The standard InChI is InChI=1S/C12H15N3S/c1-8-9(2)16-12(15-8)14-7-10-3-5-11(13)6-4-10/h3-6H,7,13H2,1-2H3,(H,14,15). The van der Waals surface area contributed by atoms with Gasteiger partial charge in [-0.3, -0.25) is 0 Å². The lowest BCUT2D eigenvalue weighted by molar-refractivity contribution is 1.12. The molecule has 0 unspecified atom stereocenters. The molecule has 0 spiro atoms. The van der Waals surface area contributed by atoms with E-state index >= 15 is 0 Å². The van der Waals surface area contributed by atoms with Crippen molar-refractivity contribution in [3.8, 4) is 0 Å². The molecule has 1 aromatic carbocycles. The molecule has 0 amide bonds. The maximum atomic E-state index is 5.63. The number of aryl methyl sites for hydroxylation is 2. The first kappa shape index (κ1) is 11.0. The first-order valence-electron chi connectivity index (χ1n) is 5.17. The Labute approximate surface area is 99.3 Å². The van der Waals surface area contributed by atoms with Gasteiger partial charge in [-0.15, -0.1) is 11.3 Å². The van der Waals surface area contributed by atoms with E-state index in [2.05, 4.69) is 17.2 Å². The molecule has 0 saturated heterocycles. The minimum atomic E-state index is 0.784. The van der Waals surface area contributed by atoms with E-state index in [-0.39, 0.29) is 0 Å². The second-order valence-corrected chi connectivity index (χ2v) is 4.96. The summed E-state index contributed by atoms with van der Waals surface area (Å²) in [5.41, 5.74) is 8.73. The van der Waals surface area contributed by atoms with Crippen LogP contribution >= 0.6 is 11.3 Å². The zero-order chi connectivity index (χ0) is 11.5. The first-order chi connectivity index (χ1) is 7.65. The molecule has 4 heteroatoms. The number of hydrogen-bond donors (Lipinski definition) is 2. The fourth-order valence-electron chi connectivity index (χ4n) is 1.36. The van der Waals surface area contributed by atoms with Crippen LogP contribution in [0.4, 0.5) is 10.8 Å². The van der Waals surface area contributed by atoms with Gasteiger partial charge in [-0.05, 0) is 31.5 Å². The van der Waals surface area contributed by atoms with E-state index in [0.29, 0.717) is 0 Å². The quantitative estimate of drug-likeness (QED) is 0.801. The molecule has 1 heterocycles. The molecule has 0 saturated carbocycles. The Bertz CT molecular complexity index is 454. The third-order valence-electron chi connectivity index (χ3n) is 2.45. The summed E-state index contributed by atoms with van der Waals surface area (Å²) in [7, 11) is 0. The van der Waals surface area contributed by atoms with E-state index < -0.39 is 0 Å². The SMILES string of the molecule is Cc1nc(NCc2ccc(N)cc2)sc1C. The van der Waals surface area contributed by atoms with Gasteiger partial charge in [0.25, 0.3) is 0 Å². The summed E-state index contributed by atoms with van der Waals surface area (Å²) in [5, 5.41) is 4.29. The fourth-order valence-corrected chi connectivity index (χ4v) is 2.17. The highest BCUT2D eigenvalue weighted by molar-refractivity contribution is 7.15. The zero-order valence-electron chi connectivity index (χ0n) is 9.45. The Balaban J connectivity index is 1.99. The minimum Gasteiger partial charge on any atom is -0.399 e. The van der Waals surface area contributed by atoms with Gasteiger partial charge in [-0.1, -0.05) is 12.1 Å². The van der Waals surface area contributed by atoms with Crippen LogP contribution in [0.5, 0.6) is 0 Å². The summed E-state index contributed by atoms with van der Waals surface area (Å²) in [6.45, 7) is 4.90. The largest absolute Gasteiger partial charge is 0.399 e. The molecule has 2 rings (SSSR count). The average molecular weight is 233 g/mol. The zero-order valence-corrected chi connectivity index (χ0v) is 10.3. The van der Waals surface area contributed by atoms with Crippen LogP contribution in [0.1, 0.15) is 16.1 Å². The molecule has 0 aliphatic rings. The van der Waals surface area contributed by atoms with Crippen LogP contribution in [-0.4, -0.2) is 4.98 Å². The molecule has 0 atom stereocenters. The maximum absolute atomic E-state index is 5.63. The number of nitrogens with one attached hydrogen (secondary N) is 1. The van der Waals surface area contributed by atoms with Gasteiger partial charge < -0.3 is 11.1 Å². The molecule has 1 aromatic heterocycles. The molecule has 16 heavy (non-hydrogen) atoms. The lowest BCUT2D eigenvalue weighted by atomic mass is 10.2. The number of anilines is 2. The Morgan fingerprint density at radius 3 is 2.50 bits per heavy atom. The Morgan fingerprint density at radius 2 is 1.94 bits per heavy atom. The second kappa shape index (κ2) is 4.53. The van der Waals surface area contributed by atoms with Gasteiger partial charge >= 0.3 is 0 Å². The number of nitrogens with two attached hydrogens (primary N) is 1.